The number of hydrogen-bond acceptors (Lipinski definition) is 3. The van der Waals surface area contributed by atoms with Crippen molar-refractivity contribution in [2.75, 3.05) is 7.11 Å². The number of halogens is 1. The van der Waals surface area contributed by atoms with E-state index in [0.717, 1.165) is 4.47 Å². The number of methoxy groups -OCH3 is 1. The predicted molar refractivity (Wildman–Crippen MR) is 72.3 cm³/mol. The lowest BCUT2D eigenvalue weighted by Crippen LogP contribution is -2.36. The van der Waals surface area contributed by atoms with Crippen LogP contribution in [0.25, 0.3) is 0 Å². The van der Waals surface area contributed by atoms with Crippen LogP contribution in [0.5, 0.6) is 0 Å². The zero-order valence-corrected chi connectivity index (χ0v) is 12.0. The van der Waals surface area contributed by atoms with E-state index >= 15 is 0 Å². The molecule has 18 heavy (non-hydrogen) atoms. The first-order chi connectivity index (χ1) is 8.56. The van der Waals surface area contributed by atoms with E-state index in [4.69, 9.17) is 0 Å². The Labute approximate surface area is 115 Å². The van der Waals surface area contributed by atoms with Gasteiger partial charge in [0.1, 0.15) is 0 Å². The third-order valence-corrected chi connectivity index (χ3v) is 3.05. The molecule has 0 spiro atoms. The van der Waals surface area contributed by atoms with Crippen LogP contribution >= 0.6 is 15.9 Å². The van der Waals surface area contributed by atoms with E-state index in [1.54, 1.807) is 18.2 Å². The van der Waals surface area contributed by atoms with Crippen molar-refractivity contribution < 1.29 is 14.3 Å². The number of amides is 1. The van der Waals surface area contributed by atoms with Gasteiger partial charge in [-0.25, -0.2) is 0 Å². The Hall–Kier alpha value is -1.36. The monoisotopic (exact) mass is 313 g/mol. The number of esters is 1. The highest BCUT2D eigenvalue weighted by molar-refractivity contribution is 9.10. The molecular formula is C13H16BrNO3. The van der Waals surface area contributed by atoms with Crippen LogP contribution in [0.4, 0.5) is 0 Å². The van der Waals surface area contributed by atoms with Gasteiger partial charge < -0.3 is 10.1 Å². The Morgan fingerprint density at radius 2 is 2.17 bits per heavy atom. The molecule has 0 aromatic heterocycles. The van der Waals surface area contributed by atoms with E-state index in [2.05, 4.69) is 26.0 Å². The lowest BCUT2D eigenvalue weighted by atomic mass is 10.1. The minimum atomic E-state index is -0.323. The van der Waals surface area contributed by atoms with E-state index in [1.807, 2.05) is 13.0 Å². The summed E-state index contributed by atoms with van der Waals surface area (Å²) in [6.45, 7) is 1.91. The van der Waals surface area contributed by atoms with Crippen molar-refractivity contribution in [2.24, 2.45) is 0 Å². The van der Waals surface area contributed by atoms with E-state index in [0.29, 0.717) is 12.0 Å². The first kappa shape index (κ1) is 14.7. The maximum Gasteiger partial charge on any atom is 0.307 e. The van der Waals surface area contributed by atoms with Gasteiger partial charge in [-0.15, -0.1) is 0 Å². The van der Waals surface area contributed by atoms with E-state index in [1.165, 1.54) is 7.11 Å². The topological polar surface area (TPSA) is 55.4 Å². The fourth-order valence-corrected chi connectivity index (χ4v) is 1.88. The van der Waals surface area contributed by atoms with Crippen molar-refractivity contribution in [1.82, 2.24) is 5.32 Å². The molecule has 1 unspecified atom stereocenters. The molecule has 0 aliphatic rings. The van der Waals surface area contributed by atoms with Crippen LogP contribution in [0.1, 0.15) is 30.1 Å². The van der Waals surface area contributed by atoms with Gasteiger partial charge in [-0.2, -0.15) is 0 Å². The van der Waals surface area contributed by atoms with E-state index < -0.39 is 0 Å². The summed E-state index contributed by atoms with van der Waals surface area (Å²) >= 11 is 3.31. The predicted octanol–water partition coefficient (Wildman–Crippen LogP) is 2.52. The Kier molecular flexibility index (Phi) is 5.85. The summed E-state index contributed by atoms with van der Waals surface area (Å²) in [5.74, 6) is -0.511. The minimum Gasteiger partial charge on any atom is -0.469 e. The maximum absolute atomic E-state index is 12.0. The van der Waals surface area contributed by atoms with Gasteiger partial charge in [0.15, 0.2) is 0 Å². The summed E-state index contributed by atoms with van der Waals surface area (Å²) in [6.07, 6.45) is 0.863. The number of hydrogen-bond donors (Lipinski definition) is 1. The molecule has 1 aromatic rings. The molecule has 1 atom stereocenters. The van der Waals surface area contributed by atoms with Crippen molar-refractivity contribution in [1.29, 1.82) is 0 Å². The van der Waals surface area contributed by atoms with Crippen molar-refractivity contribution in [2.45, 2.75) is 25.8 Å². The molecule has 0 aliphatic carbocycles. The molecule has 0 radical (unpaired) electrons. The number of carbonyl (C=O) groups is 2. The molecule has 0 saturated heterocycles. The fourth-order valence-electron chi connectivity index (χ4n) is 1.48. The molecule has 5 heteroatoms. The quantitative estimate of drug-likeness (QED) is 0.850. The Morgan fingerprint density at radius 3 is 2.72 bits per heavy atom. The SMILES string of the molecule is CCC(CC(=O)OC)NC(=O)c1cccc(Br)c1. The lowest BCUT2D eigenvalue weighted by molar-refractivity contribution is -0.141. The molecule has 98 valence electrons. The highest BCUT2D eigenvalue weighted by Crippen LogP contribution is 2.12. The standard InChI is InChI=1S/C13H16BrNO3/c1-3-11(8-12(16)18-2)15-13(17)9-5-4-6-10(14)7-9/h4-7,11H,3,8H2,1-2H3,(H,15,17). The lowest BCUT2D eigenvalue weighted by Gasteiger charge is -2.15. The van der Waals surface area contributed by atoms with Crippen LogP contribution in [0.15, 0.2) is 28.7 Å². The van der Waals surface area contributed by atoms with Gasteiger partial charge in [0.25, 0.3) is 5.91 Å². The maximum atomic E-state index is 12.0. The number of benzene rings is 1. The third kappa shape index (κ3) is 4.49. The Balaban J connectivity index is 2.65. The van der Waals surface area contributed by atoms with Crippen LogP contribution in [0.3, 0.4) is 0 Å². The molecule has 0 fully saturated rings. The smallest absolute Gasteiger partial charge is 0.307 e. The summed E-state index contributed by atoms with van der Waals surface area (Å²) in [7, 11) is 1.34. The van der Waals surface area contributed by atoms with E-state index in [9.17, 15) is 9.59 Å². The number of nitrogens with one attached hydrogen (secondary N) is 1. The number of rotatable bonds is 5. The molecule has 1 amide bonds. The zero-order chi connectivity index (χ0) is 13.5. The molecule has 1 rings (SSSR count). The summed E-state index contributed by atoms with van der Waals surface area (Å²) in [5, 5.41) is 2.81. The fraction of sp³-hybridized carbons (Fsp3) is 0.385. The first-order valence-corrected chi connectivity index (χ1v) is 6.49. The molecular weight excluding hydrogens is 298 g/mol. The van der Waals surface area contributed by atoms with Gasteiger partial charge in [-0.05, 0) is 24.6 Å². The van der Waals surface area contributed by atoms with E-state index in [-0.39, 0.29) is 24.3 Å². The Bertz CT molecular complexity index is 434. The normalized spacial score (nSPS) is 11.7. The molecule has 4 nitrogen and oxygen atoms in total. The van der Waals surface area contributed by atoms with Crippen molar-refractivity contribution >= 4 is 27.8 Å². The summed E-state index contributed by atoms with van der Waals surface area (Å²) in [5.41, 5.74) is 0.563. The molecule has 0 bridgehead atoms. The second kappa shape index (κ2) is 7.16. The molecule has 0 saturated carbocycles. The third-order valence-electron chi connectivity index (χ3n) is 2.56. The van der Waals surface area contributed by atoms with Gasteiger partial charge >= 0.3 is 5.97 Å². The zero-order valence-electron chi connectivity index (χ0n) is 10.4. The van der Waals surface area contributed by atoms with Crippen LogP contribution < -0.4 is 5.32 Å². The summed E-state index contributed by atoms with van der Waals surface area (Å²) in [6, 6.07) is 6.90. The average Bonchev–Trinajstić information content (AvgIpc) is 2.37. The second-order valence-electron chi connectivity index (χ2n) is 3.87. The molecule has 1 aromatic carbocycles. The molecule has 1 N–H and O–H groups in total. The van der Waals surface area contributed by atoms with Crippen LogP contribution in [-0.4, -0.2) is 25.0 Å². The second-order valence-corrected chi connectivity index (χ2v) is 4.78. The van der Waals surface area contributed by atoms with Crippen molar-refractivity contribution in [3.8, 4) is 0 Å². The number of carbonyl (C=O) groups excluding carboxylic acids is 2. The highest BCUT2D eigenvalue weighted by Gasteiger charge is 2.16. The largest absolute Gasteiger partial charge is 0.469 e. The summed E-state index contributed by atoms with van der Waals surface area (Å²) < 4.78 is 5.43. The van der Waals surface area contributed by atoms with Gasteiger partial charge in [-0.3, -0.25) is 9.59 Å². The van der Waals surface area contributed by atoms with Gasteiger partial charge in [0.2, 0.25) is 0 Å². The Morgan fingerprint density at radius 1 is 1.44 bits per heavy atom. The average molecular weight is 314 g/mol. The van der Waals surface area contributed by atoms with Crippen LogP contribution in [0.2, 0.25) is 0 Å². The van der Waals surface area contributed by atoms with Gasteiger partial charge in [0.05, 0.1) is 13.5 Å². The number of ether oxygens (including phenoxy) is 1. The molecule has 0 aliphatic heterocycles. The minimum absolute atomic E-state index is 0.187. The molecule has 0 heterocycles. The van der Waals surface area contributed by atoms with Gasteiger partial charge in [-0.1, -0.05) is 28.9 Å². The van der Waals surface area contributed by atoms with Crippen molar-refractivity contribution in [3.63, 3.8) is 0 Å². The van der Waals surface area contributed by atoms with Crippen LogP contribution in [-0.2, 0) is 9.53 Å². The van der Waals surface area contributed by atoms with Gasteiger partial charge in [0, 0.05) is 16.1 Å². The first-order valence-electron chi connectivity index (χ1n) is 5.70. The van der Waals surface area contributed by atoms with Crippen molar-refractivity contribution in [3.05, 3.63) is 34.3 Å². The van der Waals surface area contributed by atoms with Crippen LogP contribution in [0, 0.1) is 0 Å². The highest BCUT2D eigenvalue weighted by atomic mass is 79.9. The summed E-state index contributed by atoms with van der Waals surface area (Å²) in [4.78, 5) is 23.1.